The molecular formula is C22H22FN5O2. The van der Waals surface area contributed by atoms with Gasteiger partial charge in [-0.15, -0.1) is 0 Å². The smallest absolute Gasteiger partial charge is 0.261 e. The molecule has 1 N–H and O–H groups in total. The van der Waals surface area contributed by atoms with E-state index in [9.17, 15) is 9.18 Å². The molecule has 0 spiro atoms. The molecule has 1 amide bonds. The highest BCUT2D eigenvalue weighted by Gasteiger charge is 2.31. The van der Waals surface area contributed by atoms with E-state index in [1.165, 1.54) is 12.1 Å². The Morgan fingerprint density at radius 2 is 1.97 bits per heavy atom. The molecule has 0 atom stereocenters. The zero-order valence-electron chi connectivity index (χ0n) is 16.4. The van der Waals surface area contributed by atoms with Crippen molar-refractivity contribution in [2.45, 2.75) is 31.7 Å². The van der Waals surface area contributed by atoms with Gasteiger partial charge >= 0.3 is 0 Å². The SMILES string of the molecule is O=C(NC1CC1)C1CCN(c2ncccc2-c2nc(-c3cccc(F)c3)no2)CC1. The molecular weight excluding hydrogens is 385 g/mol. The Hall–Kier alpha value is -3.29. The van der Waals surface area contributed by atoms with Crippen molar-refractivity contribution in [3.8, 4) is 22.8 Å². The molecule has 3 heterocycles. The number of carbonyl (C=O) groups is 1. The van der Waals surface area contributed by atoms with Crippen LogP contribution in [0, 0.1) is 11.7 Å². The highest BCUT2D eigenvalue weighted by Crippen LogP contribution is 2.32. The van der Waals surface area contributed by atoms with Crippen molar-refractivity contribution in [3.05, 3.63) is 48.4 Å². The minimum atomic E-state index is -0.352. The largest absolute Gasteiger partial charge is 0.356 e. The minimum Gasteiger partial charge on any atom is -0.356 e. The quantitative estimate of drug-likeness (QED) is 0.698. The standard InChI is InChI=1S/C22H22FN5O2/c23-16-4-1-3-15(13-16)19-26-22(30-27-19)18-5-2-10-24-20(18)28-11-8-14(9-12-28)21(29)25-17-6-7-17/h1-5,10,13-14,17H,6-9,11-12H2,(H,25,29). The Labute approximate surface area is 173 Å². The summed E-state index contributed by atoms with van der Waals surface area (Å²) in [5.74, 6) is 1.30. The zero-order chi connectivity index (χ0) is 20.5. The first kappa shape index (κ1) is 18.7. The fourth-order valence-electron chi connectivity index (χ4n) is 3.79. The minimum absolute atomic E-state index is 0.0528. The van der Waals surface area contributed by atoms with Gasteiger partial charge < -0.3 is 14.7 Å². The van der Waals surface area contributed by atoms with E-state index < -0.39 is 0 Å². The van der Waals surface area contributed by atoms with Crippen LogP contribution in [-0.4, -0.2) is 40.2 Å². The number of benzene rings is 1. The maximum absolute atomic E-state index is 13.5. The average molecular weight is 407 g/mol. The number of pyridine rings is 1. The summed E-state index contributed by atoms with van der Waals surface area (Å²) in [5, 5.41) is 7.11. The van der Waals surface area contributed by atoms with Gasteiger partial charge in [0.2, 0.25) is 11.7 Å². The molecule has 7 nitrogen and oxygen atoms in total. The van der Waals surface area contributed by atoms with Crippen molar-refractivity contribution < 1.29 is 13.7 Å². The van der Waals surface area contributed by atoms with Gasteiger partial charge in [0.25, 0.3) is 5.89 Å². The van der Waals surface area contributed by atoms with E-state index >= 15 is 0 Å². The number of aromatic nitrogens is 3. The van der Waals surface area contributed by atoms with Crippen molar-refractivity contribution in [2.75, 3.05) is 18.0 Å². The van der Waals surface area contributed by atoms with Crippen LogP contribution in [0.4, 0.5) is 10.2 Å². The number of nitrogens with one attached hydrogen (secondary N) is 1. The van der Waals surface area contributed by atoms with E-state index in [1.807, 2.05) is 12.1 Å². The van der Waals surface area contributed by atoms with Gasteiger partial charge in [0.05, 0.1) is 5.56 Å². The van der Waals surface area contributed by atoms with Crippen LogP contribution in [0.25, 0.3) is 22.8 Å². The first-order valence-electron chi connectivity index (χ1n) is 10.3. The topological polar surface area (TPSA) is 84.2 Å². The van der Waals surface area contributed by atoms with Crippen molar-refractivity contribution >= 4 is 11.7 Å². The van der Waals surface area contributed by atoms with Crippen LogP contribution in [0.15, 0.2) is 47.1 Å². The second-order valence-electron chi connectivity index (χ2n) is 7.85. The average Bonchev–Trinajstić information content (AvgIpc) is 3.45. The molecule has 8 heteroatoms. The Balaban J connectivity index is 1.33. The molecule has 1 saturated carbocycles. The molecule has 1 aliphatic carbocycles. The lowest BCUT2D eigenvalue weighted by Crippen LogP contribution is -2.41. The molecule has 3 aromatic rings. The lowest BCUT2D eigenvalue weighted by Gasteiger charge is -2.32. The van der Waals surface area contributed by atoms with Gasteiger partial charge in [-0.1, -0.05) is 17.3 Å². The van der Waals surface area contributed by atoms with Crippen LogP contribution in [0.5, 0.6) is 0 Å². The van der Waals surface area contributed by atoms with Gasteiger partial charge in [-0.05, 0) is 49.9 Å². The Morgan fingerprint density at radius 1 is 1.13 bits per heavy atom. The number of rotatable bonds is 5. The summed E-state index contributed by atoms with van der Waals surface area (Å²) in [6.45, 7) is 1.47. The normalized spacial score (nSPS) is 17.2. The molecule has 1 saturated heterocycles. The van der Waals surface area contributed by atoms with E-state index in [-0.39, 0.29) is 17.6 Å². The van der Waals surface area contributed by atoms with E-state index in [2.05, 4.69) is 25.3 Å². The number of halogens is 1. The number of nitrogens with zero attached hydrogens (tertiary/aromatic N) is 4. The summed E-state index contributed by atoms with van der Waals surface area (Å²) in [6.07, 6.45) is 5.50. The fourth-order valence-corrected chi connectivity index (χ4v) is 3.79. The number of hydrogen-bond acceptors (Lipinski definition) is 6. The molecule has 5 rings (SSSR count). The summed E-state index contributed by atoms with van der Waals surface area (Å²) in [5.41, 5.74) is 1.28. The summed E-state index contributed by atoms with van der Waals surface area (Å²) in [7, 11) is 0. The van der Waals surface area contributed by atoms with Gasteiger partial charge in [-0.3, -0.25) is 4.79 Å². The molecule has 154 valence electrons. The predicted octanol–water partition coefficient (Wildman–Crippen LogP) is 3.43. The molecule has 0 unspecified atom stereocenters. The fraction of sp³-hybridized carbons (Fsp3) is 0.364. The van der Waals surface area contributed by atoms with E-state index in [0.717, 1.165) is 50.2 Å². The molecule has 0 bridgehead atoms. The van der Waals surface area contributed by atoms with Crippen LogP contribution in [0.1, 0.15) is 25.7 Å². The third-order valence-electron chi connectivity index (χ3n) is 5.61. The zero-order valence-corrected chi connectivity index (χ0v) is 16.4. The number of anilines is 1. The first-order valence-corrected chi connectivity index (χ1v) is 10.3. The third kappa shape index (κ3) is 3.90. The highest BCUT2D eigenvalue weighted by atomic mass is 19.1. The molecule has 2 aromatic heterocycles. The summed E-state index contributed by atoms with van der Waals surface area (Å²) < 4.78 is 19.0. The highest BCUT2D eigenvalue weighted by molar-refractivity contribution is 5.80. The summed E-state index contributed by atoms with van der Waals surface area (Å²) in [6, 6.07) is 10.2. The molecule has 30 heavy (non-hydrogen) atoms. The van der Waals surface area contributed by atoms with Crippen molar-refractivity contribution in [2.24, 2.45) is 5.92 Å². The predicted molar refractivity (Wildman–Crippen MR) is 109 cm³/mol. The van der Waals surface area contributed by atoms with Crippen LogP contribution in [0.2, 0.25) is 0 Å². The van der Waals surface area contributed by atoms with E-state index in [4.69, 9.17) is 4.52 Å². The van der Waals surface area contributed by atoms with E-state index in [1.54, 1.807) is 18.3 Å². The Bertz CT molecular complexity index is 1060. The van der Waals surface area contributed by atoms with Gasteiger partial charge in [0, 0.05) is 36.8 Å². The third-order valence-corrected chi connectivity index (χ3v) is 5.61. The second kappa shape index (κ2) is 7.85. The number of piperidine rings is 1. The van der Waals surface area contributed by atoms with Crippen LogP contribution >= 0.6 is 0 Å². The van der Waals surface area contributed by atoms with Crippen molar-refractivity contribution in [1.82, 2.24) is 20.4 Å². The maximum Gasteiger partial charge on any atom is 0.261 e. The van der Waals surface area contributed by atoms with Gasteiger partial charge in [0.1, 0.15) is 11.6 Å². The molecule has 2 aliphatic rings. The molecule has 1 aliphatic heterocycles. The first-order chi connectivity index (χ1) is 14.7. The lowest BCUT2D eigenvalue weighted by atomic mass is 9.95. The van der Waals surface area contributed by atoms with Gasteiger partial charge in [0.15, 0.2) is 0 Å². The summed E-state index contributed by atoms with van der Waals surface area (Å²) in [4.78, 5) is 23.5. The van der Waals surface area contributed by atoms with Crippen molar-refractivity contribution in [3.63, 3.8) is 0 Å². The van der Waals surface area contributed by atoms with Crippen LogP contribution in [-0.2, 0) is 4.79 Å². The maximum atomic E-state index is 13.5. The van der Waals surface area contributed by atoms with Gasteiger partial charge in [-0.2, -0.15) is 4.98 Å². The monoisotopic (exact) mass is 407 g/mol. The molecule has 2 fully saturated rings. The van der Waals surface area contributed by atoms with Crippen molar-refractivity contribution in [1.29, 1.82) is 0 Å². The Kier molecular flexibility index (Phi) is 4.90. The number of amides is 1. The van der Waals surface area contributed by atoms with Crippen LogP contribution in [0.3, 0.4) is 0 Å². The van der Waals surface area contributed by atoms with Crippen LogP contribution < -0.4 is 10.2 Å². The second-order valence-corrected chi connectivity index (χ2v) is 7.85. The summed E-state index contributed by atoms with van der Waals surface area (Å²) >= 11 is 0. The van der Waals surface area contributed by atoms with Gasteiger partial charge in [-0.25, -0.2) is 9.37 Å². The Morgan fingerprint density at radius 3 is 2.73 bits per heavy atom. The number of carbonyl (C=O) groups excluding carboxylic acids is 1. The molecule has 0 radical (unpaired) electrons. The van der Waals surface area contributed by atoms with E-state index in [0.29, 0.717) is 23.3 Å². The number of hydrogen-bond donors (Lipinski definition) is 1. The molecule has 1 aromatic carbocycles. The lowest BCUT2D eigenvalue weighted by molar-refractivity contribution is -0.125.